The molecule has 0 N–H and O–H groups in total. The predicted molar refractivity (Wildman–Crippen MR) is 71.6 cm³/mol. The van der Waals surface area contributed by atoms with E-state index in [-0.39, 0.29) is 4.87 Å². The summed E-state index contributed by atoms with van der Waals surface area (Å²) >= 11 is 6.73. The molecule has 0 rings (SSSR count). The predicted octanol–water partition coefficient (Wildman–Crippen LogP) is 5.64. The average molecular weight is 233 g/mol. The first-order valence-corrected chi connectivity index (χ1v) is 6.96. The maximum Gasteiger partial charge on any atom is 0.0447 e. The van der Waals surface area contributed by atoms with Gasteiger partial charge in [-0.3, -0.25) is 0 Å². The molecule has 0 saturated heterocycles. The summed E-state index contributed by atoms with van der Waals surface area (Å²) in [6.45, 7) is 11.4. The Morgan fingerprint density at radius 1 is 0.867 bits per heavy atom. The van der Waals surface area contributed by atoms with Crippen molar-refractivity contribution in [2.24, 2.45) is 11.8 Å². The van der Waals surface area contributed by atoms with Crippen molar-refractivity contribution in [2.75, 3.05) is 0 Å². The summed E-state index contributed by atoms with van der Waals surface area (Å²) in [5.41, 5.74) is 0. The summed E-state index contributed by atoms with van der Waals surface area (Å²) in [6.07, 6.45) is 7.29. The molecule has 92 valence electrons. The zero-order chi connectivity index (χ0) is 11.9. The zero-order valence-electron chi connectivity index (χ0n) is 11.3. The van der Waals surface area contributed by atoms with Gasteiger partial charge in [0.15, 0.2) is 0 Å². The minimum Gasteiger partial charge on any atom is -0.119 e. The highest BCUT2D eigenvalue weighted by atomic mass is 35.5. The summed E-state index contributed by atoms with van der Waals surface area (Å²) in [4.78, 5) is 0.0866. The molecule has 0 aliphatic carbocycles. The number of halogens is 1. The van der Waals surface area contributed by atoms with Crippen molar-refractivity contribution < 1.29 is 0 Å². The van der Waals surface area contributed by atoms with E-state index in [1.807, 2.05) is 0 Å². The van der Waals surface area contributed by atoms with Crippen molar-refractivity contribution in [3.8, 4) is 0 Å². The topological polar surface area (TPSA) is 0 Å². The Hall–Kier alpha value is 0.290. The third kappa shape index (κ3) is 8.13. The number of rotatable bonds is 8. The van der Waals surface area contributed by atoms with Gasteiger partial charge in [-0.2, -0.15) is 0 Å². The molecule has 0 saturated carbocycles. The Labute approximate surface area is 102 Å². The van der Waals surface area contributed by atoms with Crippen LogP contribution in [0, 0.1) is 11.8 Å². The molecule has 0 radical (unpaired) electrons. The maximum absolute atomic E-state index is 6.73. The first kappa shape index (κ1) is 15.3. The highest BCUT2D eigenvalue weighted by Gasteiger charge is 2.25. The molecule has 0 atom stereocenters. The normalized spacial score (nSPS) is 12.8. The van der Waals surface area contributed by atoms with Gasteiger partial charge in [0.1, 0.15) is 0 Å². The molecule has 0 nitrogen and oxygen atoms in total. The van der Waals surface area contributed by atoms with Crippen molar-refractivity contribution in [3.63, 3.8) is 0 Å². The van der Waals surface area contributed by atoms with Crippen LogP contribution in [-0.4, -0.2) is 4.87 Å². The van der Waals surface area contributed by atoms with Gasteiger partial charge in [0.25, 0.3) is 0 Å². The molecule has 0 fully saturated rings. The van der Waals surface area contributed by atoms with Crippen LogP contribution < -0.4 is 0 Å². The number of hydrogen-bond acceptors (Lipinski definition) is 0. The molecule has 15 heavy (non-hydrogen) atoms. The van der Waals surface area contributed by atoms with Crippen LogP contribution in [0.4, 0.5) is 0 Å². The second kappa shape index (κ2) is 7.54. The van der Waals surface area contributed by atoms with Crippen molar-refractivity contribution >= 4 is 11.6 Å². The van der Waals surface area contributed by atoms with E-state index in [4.69, 9.17) is 11.6 Å². The van der Waals surface area contributed by atoms with E-state index < -0.39 is 0 Å². The minimum atomic E-state index is 0.0866. The lowest BCUT2D eigenvalue weighted by atomic mass is 9.87. The molecular formula is C14H29Cl. The molecule has 0 aromatic rings. The van der Waals surface area contributed by atoms with Crippen LogP contribution in [-0.2, 0) is 0 Å². The van der Waals surface area contributed by atoms with Gasteiger partial charge in [-0.25, -0.2) is 0 Å². The van der Waals surface area contributed by atoms with Crippen molar-refractivity contribution in [1.82, 2.24) is 0 Å². The van der Waals surface area contributed by atoms with E-state index in [0.29, 0.717) is 0 Å². The van der Waals surface area contributed by atoms with Gasteiger partial charge in [0.05, 0.1) is 0 Å². The third-order valence-corrected chi connectivity index (χ3v) is 3.60. The highest BCUT2D eigenvalue weighted by molar-refractivity contribution is 6.23. The Kier molecular flexibility index (Phi) is 7.69. The molecule has 0 aromatic heterocycles. The van der Waals surface area contributed by atoms with Crippen LogP contribution in [0.2, 0.25) is 0 Å². The average Bonchev–Trinajstić information content (AvgIpc) is 2.13. The van der Waals surface area contributed by atoms with E-state index in [2.05, 4.69) is 34.6 Å². The lowest BCUT2D eigenvalue weighted by Gasteiger charge is -2.28. The fourth-order valence-corrected chi connectivity index (χ4v) is 2.32. The Morgan fingerprint density at radius 2 is 1.27 bits per heavy atom. The van der Waals surface area contributed by atoms with Gasteiger partial charge in [-0.15, -0.1) is 11.6 Å². The molecule has 0 spiro atoms. The van der Waals surface area contributed by atoms with Crippen LogP contribution in [0.1, 0.15) is 73.1 Å². The van der Waals surface area contributed by atoms with Gasteiger partial charge in [-0.05, 0) is 43.9 Å². The van der Waals surface area contributed by atoms with E-state index >= 15 is 0 Å². The SMILES string of the molecule is CCCC(Cl)(CCC(C)C)CCC(C)C. The van der Waals surface area contributed by atoms with Gasteiger partial charge < -0.3 is 0 Å². The lowest BCUT2D eigenvalue weighted by molar-refractivity contribution is 0.376. The summed E-state index contributed by atoms with van der Waals surface area (Å²) < 4.78 is 0. The maximum atomic E-state index is 6.73. The molecule has 0 aromatic carbocycles. The van der Waals surface area contributed by atoms with Crippen LogP contribution in [0.25, 0.3) is 0 Å². The van der Waals surface area contributed by atoms with Crippen LogP contribution in [0.15, 0.2) is 0 Å². The van der Waals surface area contributed by atoms with E-state index in [1.165, 1.54) is 38.5 Å². The second-order valence-corrected chi connectivity index (χ2v) is 6.57. The molecule has 0 aliphatic rings. The monoisotopic (exact) mass is 232 g/mol. The van der Waals surface area contributed by atoms with Gasteiger partial charge >= 0.3 is 0 Å². The zero-order valence-corrected chi connectivity index (χ0v) is 12.0. The van der Waals surface area contributed by atoms with Crippen LogP contribution in [0.3, 0.4) is 0 Å². The fraction of sp³-hybridized carbons (Fsp3) is 1.00. The molecule has 0 amide bonds. The van der Waals surface area contributed by atoms with Gasteiger partial charge in [0, 0.05) is 4.87 Å². The van der Waals surface area contributed by atoms with Crippen molar-refractivity contribution in [3.05, 3.63) is 0 Å². The smallest absolute Gasteiger partial charge is 0.0447 e. The lowest BCUT2D eigenvalue weighted by Crippen LogP contribution is -2.22. The second-order valence-electron chi connectivity index (χ2n) is 5.77. The molecule has 1 heteroatoms. The standard InChI is InChI=1S/C14H29Cl/c1-6-9-14(15,10-7-12(2)3)11-8-13(4)5/h12-13H,6-11H2,1-5H3. The quantitative estimate of drug-likeness (QED) is 0.476. The molecule has 0 bridgehead atoms. The fourth-order valence-electron chi connectivity index (χ4n) is 1.92. The van der Waals surface area contributed by atoms with Crippen molar-refractivity contribution in [2.45, 2.75) is 78.0 Å². The summed E-state index contributed by atoms with van der Waals surface area (Å²) in [5.74, 6) is 1.55. The Morgan fingerprint density at radius 3 is 1.53 bits per heavy atom. The summed E-state index contributed by atoms with van der Waals surface area (Å²) in [6, 6.07) is 0. The van der Waals surface area contributed by atoms with Gasteiger partial charge in [0.2, 0.25) is 0 Å². The number of hydrogen-bond donors (Lipinski definition) is 0. The highest BCUT2D eigenvalue weighted by Crippen LogP contribution is 2.34. The largest absolute Gasteiger partial charge is 0.119 e. The van der Waals surface area contributed by atoms with Gasteiger partial charge in [-0.1, -0.05) is 41.0 Å². The molecular weight excluding hydrogens is 204 g/mol. The summed E-state index contributed by atoms with van der Waals surface area (Å²) in [5, 5.41) is 0. The van der Waals surface area contributed by atoms with E-state index in [1.54, 1.807) is 0 Å². The third-order valence-electron chi connectivity index (χ3n) is 3.04. The summed E-state index contributed by atoms with van der Waals surface area (Å²) in [7, 11) is 0. The molecule has 0 unspecified atom stereocenters. The molecule has 0 heterocycles. The first-order valence-electron chi connectivity index (χ1n) is 6.58. The minimum absolute atomic E-state index is 0.0866. The molecule has 0 aliphatic heterocycles. The number of alkyl halides is 1. The van der Waals surface area contributed by atoms with Crippen LogP contribution >= 0.6 is 11.6 Å². The Bertz CT molecular complexity index is 137. The van der Waals surface area contributed by atoms with Crippen molar-refractivity contribution in [1.29, 1.82) is 0 Å². The Balaban J connectivity index is 4.05. The van der Waals surface area contributed by atoms with E-state index in [0.717, 1.165) is 11.8 Å². The first-order chi connectivity index (χ1) is 6.89. The van der Waals surface area contributed by atoms with E-state index in [9.17, 15) is 0 Å². The van der Waals surface area contributed by atoms with Crippen LogP contribution in [0.5, 0.6) is 0 Å².